The van der Waals surface area contributed by atoms with E-state index in [0.717, 1.165) is 24.2 Å². The predicted octanol–water partition coefficient (Wildman–Crippen LogP) is 3.93. The van der Waals surface area contributed by atoms with Crippen molar-refractivity contribution in [2.45, 2.75) is 63.2 Å². The highest BCUT2D eigenvalue weighted by atomic mass is 127. The van der Waals surface area contributed by atoms with E-state index in [-0.39, 0.29) is 25.5 Å². The quantitative estimate of drug-likeness (QED) is 0.196. The molecule has 6 atom stereocenters. The van der Waals surface area contributed by atoms with E-state index in [9.17, 15) is 24.6 Å². The zero-order valence-corrected chi connectivity index (χ0v) is 28.5. The standard InChI is InChI=1S/C35H43IN2O8/c1-44-29-6-4-3-5-23(29)9-11-38(32(41)19-25-14-21-7-8-24(25)13-21)28-17-26(35(43)37-10-12-39)18-30(33(28)42)46-34-27(36)15-22(20-40)16-31(34)45-2/h3-6,15-16,18,20-21,24-25,28,30,33,39,42H,7-14,17,19H2,1-2H3,(H,37,43). The number of aliphatic hydroxyl groups is 2. The molecule has 0 radical (unpaired) electrons. The lowest BCUT2D eigenvalue weighted by Gasteiger charge is -2.41. The van der Waals surface area contributed by atoms with Crippen LogP contribution in [-0.2, 0) is 16.0 Å². The summed E-state index contributed by atoms with van der Waals surface area (Å²) < 4.78 is 18.1. The van der Waals surface area contributed by atoms with Gasteiger partial charge in [-0.05, 0) is 95.9 Å². The first-order valence-corrected chi connectivity index (χ1v) is 17.0. The minimum atomic E-state index is -1.18. The Morgan fingerprint density at radius 1 is 1.11 bits per heavy atom. The van der Waals surface area contributed by atoms with Crippen molar-refractivity contribution in [2.75, 3.05) is 33.9 Å². The smallest absolute Gasteiger partial charge is 0.247 e. The highest BCUT2D eigenvalue weighted by Crippen LogP contribution is 2.50. The van der Waals surface area contributed by atoms with Gasteiger partial charge in [0.05, 0.1) is 30.4 Å². The number of carbonyl (C=O) groups is 3. The fourth-order valence-electron chi connectivity index (χ4n) is 7.43. The van der Waals surface area contributed by atoms with Gasteiger partial charge in [-0.2, -0.15) is 0 Å². The third kappa shape index (κ3) is 7.69. The summed E-state index contributed by atoms with van der Waals surface area (Å²) in [5, 5.41) is 24.0. The summed E-state index contributed by atoms with van der Waals surface area (Å²) in [5.41, 5.74) is 1.69. The topological polar surface area (TPSA) is 135 Å². The molecule has 3 aliphatic carbocycles. The Morgan fingerprint density at radius 2 is 1.89 bits per heavy atom. The van der Waals surface area contributed by atoms with E-state index < -0.39 is 24.2 Å². The molecule has 0 heterocycles. The van der Waals surface area contributed by atoms with Crippen molar-refractivity contribution in [1.82, 2.24) is 10.2 Å². The molecule has 2 aromatic carbocycles. The largest absolute Gasteiger partial charge is 0.496 e. The Bertz CT molecular complexity index is 1450. The number of amides is 2. The van der Waals surface area contributed by atoms with Crippen LogP contribution >= 0.6 is 22.6 Å². The molecule has 0 aliphatic heterocycles. The number of para-hydroxylation sites is 1. The van der Waals surface area contributed by atoms with Crippen molar-refractivity contribution in [3.05, 3.63) is 62.7 Å². The van der Waals surface area contributed by atoms with Crippen LogP contribution in [-0.4, -0.2) is 85.4 Å². The second kappa shape index (κ2) is 15.6. The molecule has 2 saturated carbocycles. The number of ether oxygens (including phenoxy) is 3. The van der Waals surface area contributed by atoms with Gasteiger partial charge in [0.25, 0.3) is 0 Å². The average molecular weight is 747 g/mol. The molecule has 3 aliphatic rings. The molecule has 3 N–H and O–H groups in total. The molecule has 2 aromatic rings. The highest BCUT2D eigenvalue weighted by Gasteiger charge is 2.44. The van der Waals surface area contributed by atoms with E-state index >= 15 is 0 Å². The van der Waals surface area contributed by atoms with Crippen LogP contribution in [0.3, 0.4) is 0 Å². The number of methoxy groups -OCH3 is 2. The van der Waals surface area contributed by atoms with Crippen molar-refractivity contribution < 1.29 is 38.8 Å². The number of hydrogen-bond donors (Lipinski definition) is 3. The summed E-state index contributed by atoms with van der Waals surface area (Å²) >= 11 is 2.04. The second-order valence-electron chi connectivity index (χ2n) is 12.5. The van der Waals surface area contributed by atoms with Crippen molar-refractivity contribution >= 4 is 40.7 Å². The minimum absolute atomic E-state index is 0.0465. The van der Waals surface area contributed by atoms with Crippen LogP contribution in [0.15, 0.2) is 48.0 Å². The fourth-order valence-corrected chi connectivity index (χ4v) is 8.18. The maximum absolute atomic E-state index is 14.3. The summed E-state index contributed by atoms with van der Waals surface area (Å²) in [4.78, 5) is 40.8. The van der Waals surface area contributed by atoms with Gasteiger partial charge in [-0.25, -0.2) is 0 Å². The van der Waals surface area contributed by atoms with E-state index in [1.807, 2.05) is 46.9 Å². The predicted molar refractivity (Wildman–Crippen MR) is 180 cm³/mol. The summed E-state index contributed by atoms with van der Waals surface area (Å²) in [6, 6.07) is 10.1. The van der Waals surface area contributed by atoms with Crippen molar-refractivity contribution in [3.8, 4) is 17.2 Å². The van der Waals surface area contributed by atoms with Crippen LogP contribution in [0.25, 0.3) is 0 Å². The molecular formula is C35H43IN2O8. The monoisotopic (exact) mass is 746 g/mol. The summed E-state index contributed by atoms with van der Waals surface area (Å²) in [5.74, 6) is 2.46. The maximum Gasteiger partial charge on any atom is 0.247 e. The SMILES string of the molecule is COc1ccccc1CCN(C(=O)CC1CC2CCC1C2)C1CC(C(=O)NCCO)=CC(Oc2c(I)cc(C=O)cc2OC)C1O. The minimum Gasteiger partial charge on any atom is -0.496 e. The molecule has 248 valence electrons. The Hall–Kier alpha value is -3.16. The molecular weight excluding hydrogens is 703 g/mol. The van der Waals surface area contributed by atoms with E-state index in [1.54, 1.807) is 30.2 Å². The first-order chi connectivity index (χ1) is 22.3. The highest BCUT2D eigenvalue weighted by molar-refractivity contribution is 14.1. The first kappa shape index (κ1) is 34.2. The number of carbonyl (C=O) groups excluding carboxylic acids is 3. The van der Waals surface area contributed by atoms with Crippen molar-refractivity contribution in [2.24, 2.45) is 17.8 Å². The lowest BCUT2D eigenvalue weighted by atomic mass is 9.84. The number of benzene rings is 2. The molecule has 5 rings (SSSR count). The molecule has 2 amide bonds. The zero-order valence-electron chi connectivity index (χ0n) is 26.3. The third-order valence-corrected chi connectivity index (χ3v) is 10.5. The normalized spacial score (nSPS) is 25.0. The lowest BCUT2D eigenvalue weighted by Crippen LogP contribution is -2.55. The Kier molecular flexibility index (Phi) is 11.6. The van der Waals surface area contributed by atoms with Gasteiger partial charge < -0.3 is 34.6 Å². The molecule has 0 saturated heterocycles. The van der Waals surface area contributed by atoms with Gasteiger partial charge in [0.2, 0.25) is 11.8 Å². The van der Waals surface area contributed by atoms with E-state index in [0.29, 0.717) is 69.6 Å². The van der Waals surface area contributed by atoms with Crippen LogP contribution in [0, 0.1) is 21.3 Å². The molecule has 11 heteroatoms. The van der Waals surface area contributed by atoms with Crippen LogP contribution in [0.1, 0.15) is 54.4 Å². The lowest BCUT2D eigenvalue weighted by molar-refractivity contribution is -0.140. The summed E-state index contributed by atoms with van der Waals surface area (Å²) in [6.07, 6.45) is 5.75. The number of aldehydes is 1. The molecule has 0 aromatic heterocycles. The molecule has 6 unspecified atom stereocenters. The number of hydrogen-bond acceptors (Lipinski definition) is 8. The van der Waals surface area contributed by atoms with Crippen LogP contribution in [0.4, 0.5) is 0 Å². The summed E-state index contributed by atoms with van der Waals surface area (Å²) in [7, 11) is 3.08. The molecule has 10 nitrogen and oxygen atoms in total. The number of nitrogens with zero attached hydrogens (tertiary/aromatic N) is 1. The van der Waals surface area contributed by atoms with Gasteiger partial charge in [-0.3, -0.25) is 14.4 Å². The van der Waals surface area contributed by atoms with E-state index in [2.05, 4.69) is 5.32 Å². The van der Waals surface area contributed by atoms with Gasteiger partial charge in [0, 0.05) is 37.1 Å². The van der Waals surface area contributed by atoms with Crippen molar-refractivity contribution in [3.63, 3.8) is 0 Å². The first-order valence-electron chi connectivity index (χ1n) is 15.9. The number of halogens is 1. The zero-order chi connectivity index (χ0) is 32.8. The molecule has 46 heavy (non-hydrogen) atoms. The van der Waals surface area contributed by atoms with Crippen molar-refractivity contribution in [1.29, 1.82) is 0 Å². The van der Waals surface area contributed by atoms with E-state index in [1.165, 1.54) is 20.0 Å². The Balaban J connectivity index is 1.48. The number of fused-ring (bicyclic) bond motifs is 2. The number of rotatable bonds is 14. The number of nitrogens with one attached hydrogen (secondary N) is 1. The van der Waals surface area contributed by atoms with Gasteiger partial charge in [-0.1, -0.05) is 24.6 Å². The van der Waals surface area contributed by atoms with Crippen LogP contribution in [0.2, 0.25) is 0 Å². The van der Waals surface area contributed by atoms with Crippen LogP contribution < -0.4 is 19.5 Å². The van der Waals surface area contributed by atoms with Gasteiger partial charge in [-0.15, -0.1) is 0 Å². The maximum atomic E-state index is 14.3. The second-order valence-corrected chi connectivity index (χ2v) is 13.6. The molecule has 2 fully saturated rings. The summed E-state index contributed by atoms with van der Waals surface area (Å²) in [6.45, 7) is 0.153. The Labute approximate surface area is 283 Å². The van der Waals surface area contributed by atoms with E-state index in [4.69, 9.17) is 14.2 Å². The fraction of sp³-hybridized carbons (Fsp3) is 0.514. The molecule has 2 bridgehead atoms. The van der Waals surface area contributed by atoms with Gasteiger partial charge >= 0.3 is 0 Å². The van der Waals surface area contributed by atoms with Crippen LogP contribution in [0.5, 0.6) is 17.2 Å². The number of aliphatic hydroxyl groups excluding tert-OH is 2. The van der Waals surface area contributed by atoms with Gasteiger partial charge in [0.15, 0.2) is 11.5 Å². The Morgan fingerprint density at radius 3 is 2.57 bits per heavy atom. The average Bonchev–Trinajstić information content (AvgIpc) is 3.69. The molecule has 0 spiro atoms. The third-order valence-electron chi connectivity index (χ3n) is 9.71. The van der Waals surface area contributed by atoms with Gasteiger partial charge in [0.1, 0.15) is 24.2 Å².